The summed E-state index contributed by atoms with van der Waals surface area (Å²) >= 11 is 0. The fourth-order valence-corrected chi connectivity index (χ4v) is 3.62. The number of aromatic amines is 1. The maximum Gasteiger partial charge on any atom is 0.137 e. The Balaban J connectivity index is 1.60. The Morgan fingerprint density at radius 2 is 1.92 bits per heavy atom. The number of benzene rings is 1. The van der Waals surface area contributed by atoms with Crippen LogP contribution in [0.3, 0.4) is 0 Å². The van der Waals surface area contributed by atoms with Crippen LogP contribution >= 0.6 is 0 Å². The van der Waals surface area contributed by atoms with Crippen molar-refractivity contribution in [2.24, 2.45) is 7.05 Å². The molecule has 0 fully saturated rings. The third-order valence-corrected chi connectivity index (χ3v) is 5.01. The van der Waals surface area contributed by atoms with Crippen molar-refractivity contribution in [2.75, 3.05) is 0 Å². The van der Waals surface area contributed by atoms with E-state index in [0.717, 1.165) is 23.2 Å². The Morgan fingerprint density at radius 1 is 0.962 bits per heavy atom. The summed E-state index contributed by atoms with van der Waals surface area (Å²) in [5.41, 5.74) is 6.94. The smallest absolute Gasteiger partial charge is 0.137 e. The monoisotopic (exact) mass is 338 g/mol. The molecule has 4 aromatic heterocycles. The zero-order valence-electron chi connectivity index (χ0n) is 14.5. The Hall–Kier alpha value is -3.40. The number of fused-ring (bicyclic) bond motifs is 2. The maximum absolute atomic E-state index is 4.60. The summed E-state index contributed by atoms with van der Waals surface area (Å²) in [6.07, 6.45) is 10.6. The Bertz CT molecular complexity index is 1220. The molecular weight excluding hydrogens is 320 g/mol. The molecule has 0 aliphatic rings. The lowest BCUT2D eigenvalue weighted by Gasteiger charge is -2.05. The minimum Gasteiger partial charge on any atom is -0.351 e. The van der Waals surface area contributed by atoms with E-state index in [1.807, 2.05) is 18.5 Å². The van der Waals surface area contributed by atoms with Gasteiger partial charge >= 0.3 is 0 Å². The topological polar surface area (TPSA) is 46.5 Å². The molecular formula is C22H18N4. The number of nitrogens with one attached hydrogen (secondary N) is 1. The molecule has 0 saturated carbocycles. The number of pyridine rings is 2. The lowest BCUT2D eigenvalue weighted by atomic mass is 10.0. The van der Waals surface area contributed by atoms with E-state index in [2.05, 4.69) is 75.4 Å². The van der Waals surface area contributed by atoms with Crippen molar-refractivity contribution in [3.05, 3.63) is 84.6 Å². The Morgan fingerprint density at radius 3 is 2.81 bits per heavy atom. The second-order valence-corrected chi connectivity index (χ2v) is 6.63. The van der Waals surface area contributed by atoms with Crippen molar-refractivity contribution in [1.82, 2.24) is 19.5 Å². The van der Waals surface area contributed by atoms with Gasteiger partial charge in [-0.25, -0.2) is 4.98 Å². The molecule has 1 aromatic carbocycles. The molecule has 26 heavy (non-hydrogen) atoms. The number of rotatable bonds is 3. The van der Waals surface area contributed by atoms with Crippen molar-refractivity contribution in [2.45, 2.75) is 6.42 Å². The van der Waals surface area contributed by atoms with Gasteiger partial charge in [0.25, 0.3) is 0 Å². The van der Waals surface area contributed by atoms with Gasteiger partial charge in [-0.3, -0.25) is 4.98 Å². The summed E-state index contributed by atoms with van der Waals surface area (Å²) < 4.78 is 2.16. The fourth-order valence-electron chi connectivity index (χ4n) is 3.62. The summed E-state index contributed by atoms with van der Waals surface area (Å²) in [5.74, 6) is 0. The summed E-state index contributed by atoms with van der Waals surface area (Å²) in [6.45, 7) is 0. The second kappa shape index (κ2) is 5.85. The van der Waals surface area contributed by atoms with Crippen LogP contribution in [0.25, 0.3) is 33.1 Å². The first-order valence-electron chi connectivity index (χ1n) is 8.69. The van der Waals surface area contributed by atoms with Crippen LogP contribution in [0.15, 0.2) is 73.4 Å². The van der Waals surface area contributed by atoms with Gasteiger partial charge < -0.3 is 9.55 Å². The molecule has 0 spiro atoms. The highest BCUT2D eigenvalue weighted by Gasteiger charge is 2.10. The van der Waals surface area contributed by atoms with Crippen molar-refractivity contribution >= 4 is 21.9 Å². The van der Waals surface area contributed by atoms with Crippen molar-refractivity contribution in [1.29, 1.82) is 0 Å². The number of nitrogens with zero attached hydrogens (tertiary/aromatic N) is 3. The minimum absolute atomic E-state index is 0.875. The van der Waals surface area contributed by atoms with Gasteiger partial charge in [-0.1, -0.05) is 18.2 Å². The van der Waals surface area contributed by atoms with Crippen molar-refractivity contribution in [3.8, 4) is 11.1 Å². The van der Waals surface area contributed by atoms with Gasteiger partial charge in [-0.15, -0.1) is 0 Å². The summed E-state index contributed by atoms with van der Waals surface area (Å²) in [4.78, 5) is 12.1. The average Bonchev–Trinajstić information content (AvgIpc) is 3.27. The number of aromatic nitrogens is 4. The van der Waals surface area contributed by atoms with Gasteiger partial charge in [0.2, 0.25) is 0 Å². The zero-order chi connectivity index (χ0) is 17.5. The molecule has 0 aliphatic heterocycles. The van der Waals surface area contributed by atoms with Crippen LogP contribution in [-0.2, 0) is 13.5 Å². The lowest BCUT2D eigenvalue weighted by molar-refractivity contribution is 0.969. The average molecular weight is 338 g/mol. The number of hydrogen-bond donors (Lipinski definition) is 1. The molecule has 4 nitrogen and oxygen atoms in total. The lowest BCUT2D eigenvalue weighted by Crippen LogP contribution is -1.90. The number of aryl methyl sites for hydroxylation is 1. The Kier molecular flexibility index (Phi) is 3.35. The molecule has 0 amide bonds. The maximum atomic E-state index is 4.60. The summed E-state index contributed by atoms with van der Waals surface area (Å²) in [6, 6.07) is 14.9. The van der Waals surface area contributed by atoms with Crippen LogP contribution < -0.4 is 0 Å². The van der Waals surface area contributed by atoms with E-state index < -0.39 is 0 Å². The van der Waals surface area contributed by atoms with E-state index in [4.69, 9.17) is 0 Å². The molecule has 1 N–H and O–H groups in total. The normalized spacial score (nSPS) is 11.4. The van der Waals surface area contributed by atoms with Crippen LogP contribution in [0.4, 0.5) is 0 Å². The molecule has 0 unspecified atom stereocenters. The zero-order valence-corrected chi connectivity index (χ0v) is 14.5. The molecule has 126 valence electrons. The molecule has 4 heterocycles. The van der Waals surface area contributed by atoms with Gasteiger partial charge in [-0.2, -0.15) is 0 Å². The summed E-state index contributed by atoms with van der Waals surface area (Å²) in [7, 11) is 2.09. The van der Waals surface area contributed by atoms with Crippen LogP contribution in [0, 0.1) is 0 Å². The van der Waals surface area contributed by atoms with Gasteiger partial charge in [0.05, 0.1) is 0 Å². The number of hydrogen-bond acceptors (Lipinski definition) is 2. The predicted molar refractivity (Wildman–Crippen MR) is 105 cm³/mol. The minimum atomic E-state index is 0.875. The highest BCUT2D eigenvalue weighted by atomic mass is 14.9. The molecule has 5 aromatic rings. The van der Waals surface area contributed by atoms with E-state index in [9.17, 15) is 0 Å². The first-order chi connectivity index (χ1) is 12.8. The van der Waals surface area contributed by atoms with Crippen molar-refractivity contribution in [3.63, 3.8) is 0 Å². The quantitative estimate of drug-likeness (QED) is 0.518. The molecule has 0 atom stereocenters. The van der Waals surface area contributed by atoms with Gasteiger partial charge in [0, 0.05) is 71.9 Å². The van der Waals surface area contributed by atoms with Gasteiger partial charge in [0.15, 0.2) is 0 Å². The third-order valence-electron chi connectivity index (χ3n) is 5.01. The molecule has 0 bridgehead atoms. The fraction of sp³-hybridized carbons (Fsp3) is 0.0909. The predicted octanol–water partition coefficient (Wildman–Crippen LogP) is 4.71. The highest BCUT2D eigenvalue weighted by molar-refractivity contribution is 5.87. The van der Waals surface area contributed by atoms with Gasteiger partial charge in [-0.05, 0) is 35.4 Å². The molecule has 5 rings (SSSR count). The third kappa shape index (κ3) is 2.39. The molecule has 0 radical (unpaired) electrons. The first kappa shape index (κ1) is 14.9. The molecule has 0 saturated heterocycles. The number of H-pyrrole nitrogens is 1. The van der Waals surface area contributed by atoms with E-state index in [0.29, 0.717) is 0 Å². The SMILES string of the molecule is Cn1ccc2c(Cc3c[nH]c4ncc(-c5cccnc5)cc34)cccc21. The summed E-state index contributed by atoms with van der Waals surface area (Å²) in [5, 5.41) is 2.47. The Labute approximate surface area is 151 Å². The van der Waals surface area contributed by atoms with E-state index in [1.165, 1.54) is 27.4 Å². The van der Waals surface area contributed by atoms with Crippen LogP contribution in [0.1, 0.15) is 11.1 Å². The highest BCUT2D eigenvalue weighted by Crippen LogP contribution is 2.28. The van der Waals surface area contributed by atoms with Gasteiger partial charge in [0.1, 0.15) is 5.65 Å². The van der Waals surface area contributed by atoms with Crippen LogP contribution in [0.5, 0.6) is 0 Å². The molecule has 4 heteroatoms. The second-order valence-electron chi connectivity index (χ2n) is 6.63. The van der Waals surface area contributed by atoms with Crippen LogP contribution in [0.2, 0.25) is 0 Å². The largest absolute Gasteiger partial charge is 0.351 e. The van der Waals surface area contributed by atoms with E-state index in [-0.39, 0.29) is 0 Å². The standard InChI is InChI=1S/C22H18N4/c1-26-9-7-19-15(4-2-6-21(19)26)10-18-14-25-22-20(18)11-17(13-24-22)16-5-3-8-23-12-16/h2-9,11-14H,10H2,1H3,(H,24,25). The molecule has 0 aliphatic carbocycles. The van der Waals surface area contributed by atoms with Crippen LogP contribution in [-0.4, -0.2) is 19.5 Å². The first-order valence-corrected chi connectivity index (χ1v) is 8.69. The van der Waals surface area contributed by atoms with E-state index >= 15 is 0 Å². The van der Waals surface area contributed by atoms with E-state index in [1.54, 1.807) is 6.20 Å². The van der Waals surface area contributed by atoms with Crippen molar-refractivity contribution < 1.29 is 0 Å².